The molecule has 0 spiro atoms. The fourth-order valence-corrected chi connectivity index (χ4v) is 2.65. The van der Waals surface area contributed by atoms with Crippen molar-refractivity contribution in [3.63, 3.8) is 0 Å². The number of carbonyl (C=O) groups is 1. The van der Waals surface area contributed by atoms with Gasteiger partial charge in [0.1, 0.15) is 5.52 Å². The van der Waals surface area contributed by atoms with Crippen molar-refractivity contribution >= 4 is 17.1 Å². The van der Waals surface area contributed by atoms with Crippen molar-refractivity contribution in [1.29, 1.82) is 0 Å². The molecular weight excluding hydrogens is 230 g/mol. The minimum absolute atomic E-state index is 0.152. The van der Waals surface area contributed by atoms with Gasteiger partial charge < -0.3 is 9.52 Å². The lowest BCUT2D eigenvalue weighted by atomic mass is 10.1. The number of oxazole rings is 1. The maximum absolute atomic E-state index is 10.9. The third-order valence-corrected chi connectivity index (χ3v) is 3.69. The Balaban J connectivity index is 1.89. The molecule has 0 saturated heterocycles. The van der Waals surface area contributed by atoms with E-state index >= 15 is 0 Å². The average Bonchev–Trinajstić information content (AvgIpc) is 2.93. The van der Waals surface area contributed by atoms with Crippen LogP contribution in [0.4, 0.5) is 0 Å². The molecule has 4 heteroatoms. The summed E-state index contributed by atoms with van der Waals surface area (Å²) in [5, 5.41) is 9.00. The lowest BCUT2D eigenvalue weighted by Crippen LogP contribution is -2.09. The molecule has 0 bridgehead atoms. The molecule has 0 amide bonds. The smallest absolute Gasteiger partial charge is 0.306 e. The van der Waals surface area contributed by atoms with E-state index in [1.807, 2.05) is 25.1 Å². The van der Waals surface area contributed by atoms with Crippen LogP contribution in [0, 0.1) is 12.8 Å². The van der Waals surface area contributed by atoms with Gasteiger partial charge in [-0.05, 0) is 43.9 Å². The highest BCUT2D eigenvalue weighted by Gasteiger charge is 2.33. The van der Waals surface area contributed by atoms with Gasteiger partial charge in [-0.2, -0.15) is 0 Å². The van der Waals surface area contributed by atoms with Gasteiger partial charge >= 0.3 is 5.97 Å². The highest BCUT2D eigenvalue weighted by molar-refractivity contribution is 5.73. The number of carboxylic acids is 1. The third-order valence-electron chi connectivity index (χ3n) is 3.69. The minimum atomic E-state index is -0.704. The standard InChI is InChI=1S/C14H15NO3/c1-8-2-5-11-12(6-8)18-13(15-11)9-3-4-10(7-9)14(16)17/h2,5-6,9-10H,3-4,7H2,1H3,(H,16,17). The Kier molecular flexibility index (Phi) is 2.58. The first-order chi connectivity index (χ1) is 8.63. The largest absolute Gasteiger partial charge is 0.481 e. The maximum Gasteiger partial charge on any atom is 0.306 e. The highest BCUT2D eigenvalue weighted by atomic mass is 16.4. The first-order valence-electron chi connectivity index (χ1n) is 6.23. The molecule has 1 aliphatic carbocycles. The number of aliphatic carboxylic acids is 1. The number of aryl methyl sites for hydroxylation is 1. The van der Waals surface area contributed by atoms with E-state index in [-0.39, 0.29) is 11.8 Å². The van der Waals surface area contributed by atoms with E-state index in [1.54, 1.807) is 0 Å². The minimum Gasteiger partial charge on any atom is -0.481 e. The fourth-order valence-electron chi connectivity index (χ4n) is 2.65. The summed E-state index contributed by atoms with van der Waals surface area (Å²) >= 11 is 0. The topological polar surface area (TPSA) is 63.3 Å². The van der Waals surface area contributed by atoms with Gasteiger partial charge in [-0.15, -0.1) is 0 Å². The first-order valence-corrected chi connectivity index (χ1v) is 6.23. The number of fused-ring (bicyclic) bond motifs is 1. The second-order valence-electron chi connectivity index (χ2n) is 5.07. The number of aromatic nitrogens is 1. The molecule has 1 aromatic carbocycles. The Morgan fingerprint density at radius 2 is 2.28 bits per heavy atom. The van der Waals surface area contributed by atoms with E-state index in [9.17, 15) is 4.79 Å². The van der Waals surface area contributed by atoms with Crippen LogP contribution in [0.5, 0.6) is 0 Å². The summed E-state index contributed by atoms with van der Waals surface area (Å²) < 4.78 is 5.76. The molecule has 94 valence electrons. The van der Waals surface area contributed by atoms with E-state index in [0.29, 0.717) is 12.3 Å². The number of hydrogen-bond acceptors (Lipinski definition) is 3. The zero-order chi connectivity index (χ0) is 12.7. The lowest BCUT2D eigenvalue weighted by molar-refractivity contribution is -0.141. The number of nitrogens with zero attached hydrogens (tertiary/aromatic N) is 1. The summed E-state index contributed by atoms with van der Waals surface area (Å²) in [5.74, 6) is -0.102. The van der Waals surface area contributed by atoms with Crippen LogP contribution in [0.1, 0.15) is 36.6 Å². The van der Waals surface area contributed by atoms with Crippen LogP contribution in [0.15, 0.2) is 22.6 Å². The molecule has 1 aromatic heterocycles. The van der Waals surface area contributed by atoms with Gasteiger partial charge in [0.15, 0.2) is 11.5 Å². The molecule has 4 nitrogen and oxygen atoms in total. The van der Waals surface area contributed by atoms with Gasteiger partial charge in [0.25, 0.3) is 0 Å². The van der Waals surface area contributed by atoms with Crippen LogP contribution >= 0.6 is 0 Å². The number of rotatable bonds is 2. The van der Waals surface area contributed by atoms with Crippen molar-refractivity contribution in [1.82, 2.24) is 4.98 Å². The van der Waals surface area contributed by atoms with E-state index < -0.39 is 5.97 Å². The van der Waals surface area contributed by atoms with E-state index in [1.165, 1.54) is 0 Å². The Morgan fingerprint density at radius 3 is 3.00 bits per heavy atom. The van der Waals surface area contributed by atoms with Crippen molar-refractivity contribution in [2.45, 2.75) is 32.1 Å². The lowest BCUT2D eigenvalue weighted by Gasteiger charge is -2.03. The quantitative estimate of drug-likeness (QED) is 0.883. The number of hydrogen-bond donors (Lipinski definition) is 1. The highest BCUT2D eigenvalue weighted by Crippen LogP contribution is 2.38. The molecule has 0 aliphatic heterocycles. The van der Waals surface area contributed by atoms with Gasteiger partial charge in [0, 0.05) is 5.92 Å². The second-order valence-corrected chi connectivity index (χ2v) is 5.07. The van der Waals surface area contributed by atoms with Crippen LogP contribution in [-0.4, -0.2) is 16.1 Å². The Hall–Kier alpha value is -1.84. The van der Waals surface area contributed by atoms with Crippen LogP contribution in [0.2, 0.25) is 0 Å². The molecule has 0 radical (unpaired) electrons. The van der Waals surface area contributed by atoms with E-state index in [2.05, 4.69) is 4.98 Å². The summed E-state index contributed by atoms with van der Waals surface area (Å²) in [5.41, 5.74) is 2.79. The van der Waals surface area contributed by atoms with Gasteiger partial charge in [0.2, 0.25) is 0 Å². The summed E-state index contributed by atoms with van der Waals surface area (Å²) in [4.78, 5) is 15.4. The molecule has 1 heterocycles. The number of benzene rings is 1. The molecule has 2 atom stereocenters. The van der Waals surface area contributed by atoms with Crippen molar-refractivity contribution in [3.8, 4) is 0 Å². The maximum atomic E-state index is 10.9. The molecule has 1 fully saturated rings. The Labute approximate surface area is 105 Å². The molecule has 3 rings (SSSR count). The van der Waals surface area contributed by atoms with Crippen molar-refractivity contribution < 1.29 is 14.3 Å². The van der Waals surface area contributed by atoms with Gasteiger partial charge in [0.05, 0.1) is 5.92 Å². The van der Waals surface area contributed by atoms with Gasteiger partial charge in [-0.1, -0.05) is 6.07 Å². The summed E-state index contributed by atoms with van der Waals surface area (Å²) in [7, 11) is 0. The molecular formula is C14H15NO3. The summed E-state index contributed by atoms with van der Waals surface area (Å²) in [6.07, 6.45) is 2.21. The third kappa shape index (κ3) is 1.88. The first kappa shape index (κ1) is 11.3. The monoisotopic (exact) mass is 245 g/mol. The number of carboxylic acid groups (broad SMARTS) is 1. The zero-order valence-corrected chi connectivity index (χ0v) is 10.2. The zero-order valence-electron chi connectivity index (χ0n) is 10.2. The SMILES string of the molecule is Cc1ccc2nc(C3CCC(C(=O)O)C3)oc2c1. The van der Waals surface area contributed by atoms with E-state index in [4.69, 9.17) is 9.52 Å². The Morgan fingerprint density at radius 1 is 1.44 bits per heavy atom. The van der Waals surface area contributed by atoms with Gasteiger partial charge in [-0.3, -0.25) is 4.79 Å². The molecule has 2 aromatic rings. The average molecular weight is 245 g/mol. The molecule has 18 heavy (non-hydrogen) atoms. The molecule has 1 aliphatic rings. The van der Waals surface area contributed by atoms with Crippen molar-refractivity contribution in [2.24, 2.45) is 5.92 Å². The van der Waals surface area contributed by atoms with Crippen LogP contribution < -0.4 is 0 Å². The molecule has 1 saturated carbocycles. The van der Waals surface area contributed by atoms with Crippen molar-refractivity contribution in [3.05, 3.63) is 29.7 Å². The predicted octanol–water partition coefficient (Wildman–Crippen LogP) is 3.10. The van der Waals surface area contributed by atoms with E-state index in [0.717, 1.165) is 29.5 Å². The normalized spacial score (nSPS) is 23.6. The molecule has 2 unspecified atom stereocenters. The molecule has 1 N–H and O–H groups in total. The summed E-state index contributed by atoms with van der Waals surface area (Å²) in [6, 6.07) is 5.92. The van der Waals surface area contributed by atoms with Crippen LogP contribution in [0.3, 0.4) is 0 Å². The van der Waals surface area contributed by atoms with Gasteiger partial charge in [-0.25, -0.2) is 4.98 Å². The Bertz CT molecular complexity index is 602. The van der Waals surface area contributed by atoms with Crippen LogP contribution in [0.25, 0.3) is 11.1 Å². The summed E-state index contributed by atoms with van der Waals surface area (Å²) in [6.45, 7) is 2.01. The fraction of sp³-hybridized carbons (Fsp3) is 0.429. The van der Waals surface area contributed by atoms with Crippen molar-refractivity contribution in [2.75, 3.05) is 0 Å². The predicted molar refractivity (Wildman–Crippen MR) is 66.5 cm³/mol. The second kappa shape index (κ2) is 4.12. The van der Waals surface area contributed by atoms with Crippen LogP contribution in [-0.2, 0) is 4.79 Å².